The molecule has 3 N–H and O–H groups in total. The molecule has 1 aliphatic carbocycles. The van der Waals surface area contributed by atoms with Crippen molar-refractivity contribution in [3.63, 3.8) is 0 Å². The van der Waals surface area contributed by atoms with Gasteiger partial charge in [-0.05, 0) is 50.4 Å². The van der Waals surface area contributed by atoms with E-state index in [2.05, 4.69) is 17.6 Å². The summed E-state index contributed by atoms with van der Waals surface area (Å²) < 4.78 is 5.22. The lowest BCUT2D eigenvalue weighted by Crippen LogP contribution is -2.39. The Morgan fingerprint density at radius 2 is 1.65 bits per heavy atom. The SMILES string of the molecule is CCOCCNC(=O)C1CCC(C(=O)NCC(C)CC(C)(C)CO)CC1. The quantitative estimate of drug-likeness (QED) is 0.486. The Bertz CT molecular complexity index is 432. The Morgan fingerprint density at radius 3 is 2.15 bits per heavy atom. The maximum Gasteiger partial charge on any atom is 0.223 e. The Hall–Kier alpha value is -1.14. The first-order valence-electron chi connectivity index (χ1n) is 10.0. The molecule has 152 valence electrons. The van der Waals surface area contributed by atoms with E-state index in [1.165, 1.54) is 0 Å². The first-order valence-corrected chi connectivity index (χ1v) is 10.0. The number of aliphatic hydroxyl groups is 1. The van der Waals surface area contributed by atoms with Crippen LogP contribution >= 0.6 is 0 Å². The number of carbonyl (C=O) groups is 2. The normalized spacial score (nSPS) is 21.9. The first kappa shape index (κ1) is 22.9. The number of hydrogen-bond donors (Lipinski definition) is 3. The average molecular weight is 371 g/mol. The Kier molecular flexibility index (Phi) is 10.2. The monoisotopic (exact) mass is 370 g/mol. The van der Waals surface area contributed by atoms with Gasteiger partial charge in [-0.3, -0.25) is 9.59 Å². The third-order valence-corrected chi connectivity index (χ3v) is 5.17. The fourth-order valence-corrected chi connectivity index (χ4v) is 3.65. The number of carbonyl (C=O) groups excluding carboxylic acids is 2. The molecule has 0 heterocycles. The summed E-state index contributed by atoms with van der Waals surface area (Å²) in [6.45, 7) is 10.6. The van der Waals surface area contributed by atoms with E-state index in [-0.39, 0.29) is 35.7 Å². The van der Waals surface area contributed by atoms with Crippen molar-refractivity contribution < 1.29 is 19.4 Å². The van der Waals surface area contributed by atoms with Crippen LogP contribution in [0.2, 0.25) is 0 Å². The molecule has 26 heavy (non-hydrogen) atoms. The molecule has 0 spiro atoms. The maximum atomic E-state index is 12.4. The Morgan fingerprint density at radius 1 is 1.12 bits per heavy atom. The molecule has 1 saturated carbocycles. The van der Waals surface area contributed by atoms with Crippen LogP contribution in [0.5, 0.6) is 0 Å². The van der Waals surface area contributed by atoms with Gasteiger partial charge in [0.25, 0.3) is 0 Å². The molecule has 0 radical (unpaired) electrons. The van der Waals surface area contributed by atoms with Crippen LogP contribution in [-0.2, 0) is 14.3 Å². The minimum atomic E-state index is -0.113. The van der Waals surface area contributed by atoms with Crippen LogP contribution in [-0.4, -0.2) is 49.8 Å². The number of aliphatic hydroxyl groups excluding tert-OH is 1. The molecule has 0 aliphatic heterocycles. The second kappa shape index (κ2) is 11.5. The third-order valence-electron chi connectivity index (χ3n) is 5.17. The van der Waals surface area contributed by atoms with Crippen molar-refractivity contribution in [3.05, 3.63) is 0 Å². The van der Waals surface area contributed by atoms with Gasteiger partial charge in [-0.25, -0.2) is 0 Å². The summed E-state index contributed by atoms with van der Waals surface area (Å²) >= 11 is 0. The predicted octanol–water partition coefficient (Wildman–Crippen LogP) is 2.11. The van der Waals surface area contributed by atoms with E-state index < -0.39 is 0 Å². The number of ether oxygens (including phenoxy) is 1. The molecule has 6 heteroatoms. The lowest BCUT2D eigenvalue weighted by molar-refractivity contribution is -0.130. The van der Waals surface area contributed by atoms with E-state index in [1.54, 1.807) is 0 Å². The van der Waals surface area contributed by atoms with E-state index in [1.807, 2.05) is 20.8 Å². The molecular formula is C20H38N2O4. The minimum Gasteiger partial charge on any atom is -0.396 e. The van der Waals surface area contributed by atoms with Crippen LogP contribution in [0.25, 0.3) is 0 Å². The molecule has 0 bridgehead atoms. The predicted molar refractivity (Wildman–Crippen MR) is 103 cm³/mol. The molecule has 1 unspecified atom stereocenters. The summed E-state index contributed by atoms with van der Waals surface area (Å²) in [6, 6.07) is 0. The van der Waals surface area contributed by atoms with E-state index in [0.29, 0.717) is 32.2 Å². The third kappa shape index (κ3) is 8.49. The molecule has 2 amide bonds. The average Bonchev–Trinajstić information content (AvgIpc) is 2.63. The molecule has 0 aromatic carbocycles. The molecule has 0 aromatic rings. The van der Waals surface area contributed by atoms with Gasteiger partial charge >= 0.3 is 0 Å². The van der Waals surface area contributed by atoms with Gasteiger partial charge in [-0.15, -0.1) is 0 Å². The van der Waals surface area contributed by atoms with Gasteiger partial charge in [0.05, 0.1) is 6.61 Å². The van der Waals surface area contributed by atoms with Crippen molar-refractivity contribution in [2.24, 2.45) is 23.2 Å². The van der Waals surface area contributed by atoms with Crippen LogP contribution in [0.3, 0.4) is 0 Å². The highest BCUT2D eigenvalue weighted by Gasteiger charge is 2.30. The first-order chi connectivity index (χ1) is 12.3. The van der Waals surface area contributed by atoms with Crippen molar-refractivity contribution in [1.29, 1.82) is 0 Å². The number of amides is 2. The van der Waals surface area contributed by atoms with Gasteiger partial charge in [0, 0.05) is 38.1 Å². The zero-order valence-electron chi connectivity index (χ0n) is 17.0. The summed E-state index contributed by atoms with van der Waals surface area (Å²) in [5.74, 6) is 0.552. The standard InChI is InChI=1S/C20H38N2O4/c1-5-26-11-10-21-18(24)16-6-8-17(9-7-16)19(25)22-13-15(2)12-20(3,4)14-23/h15-17,23H,5-14H2,1-4H3,(H,21,24)(H,22,25). The topological polar surface area (TPSA) is 87.7 Å². The van der Waals surface area contributed by atoms with Gasteiger partial charge in [-0.2, -0.15) is 0 Å². The largest absolute Gasteiger partial charge is 0.396 e. The smallest absolute Gasteiger partial charge is 0.223 e. The van der Waals surface area contributed by atoms with Crippen LogP contribution in [0, 0.1) is 23.2 Å². The zero-order chi connectivity index (χ0) is 19.6. The second-order valence-electron chi connectivity index (χ2n) is 8.41. The van der Waals surface area contributed by atoms with Crippen LogP contribution in [0.15, 0.2) is 0 Å². The molecule has 1 atom stereocenters. The van der Waals surface area contributed by atoms with Crippen molar-refractivity contribution >= 4 is 11.8 Å². The summed E-state index contributed by atoms with van der Waals surface area (Å²) in [6.07, 6.45) is 3.95. The van der Waals surface area contributed by atoms with E-state index >= 15 is 0 Å². The number of rotatable bonds is 11. The zero-order valence-corrected chi connectivity index (χ0v) is 17.0. The summed E-state index contributed by atoms with van der Waals surface area (Å²) in [5, 5.41) is 15.3. The summed E-state index contributed by atoms with van der Waals surface area (Å²) in [7, 11) is 0. The molecule has 6 nitrogen and oxygen atoms in total. The van der Waals surface area contributed by atoms with Crippen molar-refractivity contribution in [2.45, 2.75) is 59.8 Å². The van der Waals surface area contributed by atoms with E-state index in [9.17, 15) is 14.7 Å². The molecule has 0 aromatic heterocycles. The Balaban J connectivity index is 2.25. The molecule has 1 rings (SSSR count). The lowest BCUT2D eigenvalue weighted by atomic mass is 9.81. The maximum absolute atomic E-state index is 12.4. The second-order valence-corrected chi connectivity index (χ2v) is 8.41. The van der Waals surface area contributed by atoms with Gasteiger partial charge in [-0.1, -0.05) is 20.8 Å². The summed E-state index contributed by atoms with van der Waals surface area (Å²) in [5.41, 5.74) is -0.113. The fourth-order valence-electron chi connectivity index (χ4n) is 3.65. The van der Waals surface area contributed by atoms with Gasteiger partial charge in [0.2, 0.25) is 11.8 Å². The van der Waals surface area contributed by atoms with Crippen LogP contribution < -0.4 is 10.6 Å². The van der Waals surface area contributed by atoms with Crippen LogP contribution in [0.1, 0.15) is 59.8 Å². The summed E-state index contributed by atoms with van der Waals surface area (Å²) in [4.78, 5) is 24.5. The minimum absolute atomic E-state index is 0.0144. The Labute approximate surface area is 158 Å². The highest BCUT2D eigenvalue weighted by molar-refractivity contribution is 5.81. The van der Waals surface area contributed by atoms with E-state index in [4.69, 9.17) is 4.74 Å². The van der Waals surface area contributed by atoms with Crippen LogP contribution in [0.4, 0.5) is 0 Å². The van der Waals surface area contributed by atoms with E-state index in [0.717, 1.165) is 32.1 Å². The number of hydrogen-bond acceptors (Lipinski definition) is 4. The van der Waals surface area contributed by atoms with Crippen molar-refractivity contribution in [3.8, 4) is 0 Å². The lowest BCUT2D eigenvalue weighted by Gasteiger charge is -2.29. The highest BCUT2D eigenvalue weighted by Crippen LogP contribution is 2.29. The van der Waals surface area contributed by atoms with Crippen molar-refractivity contribution in [1.82, 2.24) is 10.6 Å². The van der Waals surface area contributed by atoms with Gasteiger partial charge < -0.3 is 20.5 Å². The van der Waals surface area contributed by atoms with Gasteiger partial charge in [0.1, 0.15) is 0 Å². The fraction of sp³-hybridized carbons (Fsp3) is 0.900. The van der Waals surface area contributed by atoms with Crippen molar-refractivity contribution in [2.75, 3.05) is 32.9 Å². The molecular weight excluding hydrogens is 332 g/mol. The highest BCUT2D eigenvalue weighted by atomic mass is 16.5. The molecule has 1 fully saturated rings. The molecule has 0 saturated heterocycles. The number of nitrogens with one attached hydrogen (secondary N) is 2. The molecule has 1 aliphatic rings. The van der Waals surface area contributed by atoms with Gasteiger partial charge in [0.15, 0.2) is 0 Å².